The second kappa shape index (κ2) is 8.15. The van der Waals surface area contributed by atoms with E-state index in [1.165, 1.54) is 7.11 Å². The minimum Gasteiger partial charge on any atom is -0.469 e. The largest absolute Gasteiger partial charge is 0.469 e. The minimum atomic E-state index is -0.651. The Morgan fingerprint density at radius 2 is 1.68 bits per heavy atom. The van der Waals surface area contributed by atoms with Crippen molar-refractivity contribution < 1.29 is 19.1 Å². The molecule has 1 unspecified atom stereocenters. The average molecular weight is 520 g/mol. The lowest BCUT2D eigenvalue weighted by molar-refractivity contribution is -0.171. The van der Waals surface area contributed by atoms with Crippen molar-refractivity contribution in [2.75, 3.05) is 7.11 Å². The van der Waals surface area contributed by atoms with Gasteiger partial charge < -0.3 is 4.74 Å². The lowest BCUT2D eigenvalue weighted by atomic mass is 9.34. The van der Waals surface area contributed by atoms with E-state index >= 15 is 0 Å². The topological polar surface area (TPSA) is 84.2 Å². The SMILES string of the molecule is COC(=O)C[C@@]1(C)CC[C@]2(C)CC[C@]3(C)C(C(=O)C=C4[C@@]5(C)C=C(C#N)C(=O)C(C)(C)[C@@H]5CC[C@]43C)[C@@H]2C1. The normalized spacial score (nSPS) is 47.3. The fourth-order valence-corrected chi connectivity index (χ4v) is 10.4. The third kappa shape index (κ3) is 3.37. The maximum Gasteiger partial charge on any atom is 0.306 e. The standard InChI is InChI=1S/C33H45NO4/c1-28(2)23-9-10-32(6)24(31(23,5)16-20(19-34)27(28)37)15-22(35)26-21-17-29(3,18-25(36)38-8)11-12-30(21,4)13-14-33(26,32)7/h15-16,21,23,26H,9-14,17-18H2,1-8H3/t21-,23-,26?,29-,30+,31-,32+,33+/m0/s1. The predicted octanol–water partition coefficient (Wildman–Crippen LogP) is 6.77. The zero-order chi connectivity index (χ0) is 28.1. The van der Waals surface area contributed by atoms with Crippen molar-refractivity contribution in [1.82, 2.24) is 0 Å². The summed E-state index contributed by atoms with van der Waals surface area (Å²) >= 11 is 0. The Kier molecular flexibility index (Phi) is 5.87. The van der Waals surface area contributed by atoms with Crippen LogP contribution >= 0.6 is 0 Å². The van der Waals surface area contributed by atoms with Gasteiger partial charge in [-0.05, 0) is 84.5 Å². The average Bonchev–Trinajstić information content (AvgIpc) is 2.84. The maximum absolute atomic E-state index is 14.4. The minimum absolute atomic E-state index is 0.0544. The van der Waals surface area contributed by atoms with Gasteiger partial charge in [-0.1, -0.05) is 60.1 Å². The maximum atomic E-state index is 14.4. The molecule has 38 heavy (non-hydrogen) atoms. The number of allylic oxidation sites excluding steroid dienone is 4. The van der Waals surface area contributed by atoms with E-state index in [2.05, 4.69) is 40.7 Å². The third-order valence-corrected chi connectivity index (χ3v) is 13.0. The molecule has 5 aliphatic carbocycles. The first-order valence-electron chi connectivity index (χ1n) is 14.5. The number of Topliss-reactive ketones (excluding diaryl/α,β-unsaturated/α-hetero) is 1. The molecule has 206 valence electrons. The van der Waals surface area contributed by atoms with E-state index in [9.17, 15) is 19.6 Å². The molecule has 5 nitrogen and oxygen atoms in total. The predicted molar refractivity (Wildman–Crippen MR) is 146 cm³/mol. The second-order valence-electron chi connectivity index (χ2n) is 15.3. The number of ketones is 2. The van der Waals surface area contributed by atoms with Crippen LogP contribution < -0.4 is 0 Å². The van der Waals surface area contributed by atoms with Gasteiger partial charge in [0, 0.05) is 16.7 Å². The molecular weight excluding hydrogens is 474 g/mol. The van der Waals surface area contributed by atoms with Crippen LogP contribution in [0.25, 0.3) is 0 Å². The number of nitrogens with zero attached hydrogens (tertiary/aromatic N) is 1. The molecule has 0 heterocycles. The van der Waals surface area contributed by atoms with Crippen molar-refractivity contribution in [2.45, 2.75) is 99.8 Å². The van der Waals surface area contributed by atoms with Gasteiger partial charge in [0.05, 0.1) is 19.1 Å². The Bertz CT molecular complexity index is 1220. The summed E-state index contributed by atoms with van der Waals surface area (Å²) in [5, 5.41) is 9.88. The van der Waals surface area contributed by atoms with Gasteiger partial charge in [-0.15, -0.1) is 0 Å². The van der Waals surface area contributed by atoms with Crippen LogP contribution in [0.5, 0.6) is 0 Å². The summed E-state index contributed by atoms with van der Waals surface area (Å²) in [5.41, 5.74) is -0.290. The number of hydrogen-bond donors (Lipinski definition) is 0. The van der Waals surface area contributed by atoms with Crippen LogP contribution in [-0.2, 0) is 19.1 Å². The number of esters is 1. The number of hydrogen-bond acceptors (Lipinski definition) is 5. The summed E-state index contributed by atoms with van der Waals surface area (Å²) in [6, 6.07) is 2.19. The van der Waals surface area contributed by atoms with Gasteiger partial charge in [0.25, 0.3) is 0 Å². The first-order valence-corrected chi connectivity index (χ1v) is 14.5. The van der Waals surface area contributed by atoms with E-state index in [4.69, 9.17) is 4.74 Å². The molecule has 5 heteroatoms. The van der Waals surface area contributed by atoms with Crippen molar-refractivity contribution in [3.05, 3.63) is 23.3 Å². The molecule has 0 radical (unpaired) electrons. The molecule has 5 rings (SSSR count). The smallest absolute Gasteiger partial charge is 0.306 e. The third-order valence-electron chi connectivity index (χ3n) is 13.0. The summed E-state index contributed by atoms with van der Waals surface area (Å²) in [6.45, 7) is 15.4. The summed E-state index contributed by atoms with van der Waals surface area (Å²) in [6.07, 6.45) is 11.1. The number of nitriles is 1. The number of carbonyl (C=O) groups is 3. The summed E-state index contributed by atoms with van der Waals surface area (Å²) in [5.74, 6) is 0.149. The molecule has 0 aromatic carbocycles. The number of fused-ring (bicyclic) bond motifs is 7. The van der Waals surface area contributed by atoms with Crippen molar-refractivity contribution >= 4 is 17.5 Å². The lowest BCUT2D eigenvalue weighted by Crippen LogP contribution is -2.64. The molecule has 3 fully saturated rings. The number of ether oxygens (including phenoxy) is 1. The van der Waals surface area contributed by atoms with Gasteiger partial charge in [0.15, 0.2) is 11.6 Å². The molecule has 0 aromatic rings. The molecule has 0 bridgehead atoms. The molecule has 0 saturated heterocycles. The quantitative estimate of drug-likeness (QED) is 0.376. The zero-order valence-corrected chi connectivity index (χ0v) is 24.6. The molecule has 0 spiro atoms. The van der Waals surface area contributed by atoms with Gasteiger partial charge in [0.1, 0.15) is 6.07 Å². The molecule has 8 atom stereocenters. The molecule has 0 aliphatic heterocycles. The monoisotopic (exact) mass is 519 g/mol. The second-order valence-corrected chi connectivity index (χ2v) is 15.3. The number of methoxy groups -OCH3 is 1. The molecule has 0 N–H and O–H groups in total. The highest BCUT2D eigenvalue weighted by molar-refractivity contribution is 6.04. The van der Waals surface area contributed by atoms with Crippen molar-refractivity contribution in [3.8, 4) is 6.07 Å². The lowest BCUT2D eigenvalue weighted by Gasteiger charge is -2.69. The zero-order valence-electron chi connectivity index (χ0n) is 24.6. The van der Waals surface area contributed by atoms with Crippen LogP contribution in [0.2, 0.25) is 0 Å². The Morgan fingerprint density at radius 3 is 2.32 bits per heavy atom. The number of rotatable bonds is 2. The highest BCUT2D eigenvalue weighted by Gasteiger charge is 2.69. The summed E-state index contributed by atoms with van der Waals surface area (Å²) in [4.78, 5) is 39.9. The Balaban J connectivity index is 1.63. The van der Waals surface area contributed by atoms with Gasteiger partial charge >= 0.3 is 5.97 Å². The van der Waals surface area contributed by atoms with Crippen LogP contribution in [0.15, 0.2) is 23.3 Å². The summed E-state index contributed by atoms with van der Waals surface area (Å²) in [7, 11) is 1.46. The fraction of sp³-hybridized carbons (Fsp3) is 0.758. The molecule has 0 aromatic heterocycles. The van der Waals surface area contributed by atoms with Crippen molar-refractivity contribution in [3.63, 3.8) is 0 Å². The molecule has 3 saturated carbocycles. The molecule has 5 aliphatic rings. The van der Waals surface area contributed by atoms with E-state index in [0.29, 0.717) is 6.42 Å². The van der Waals surface area contributed by atoms with Crippen LogP contribution in [-0.4, -0.2) is 24.6 Å². The number of carbonyl (C=O) groups excluding carboxylic acids is 3. The Morgan fingerprint density at radius 1 is 1.03 bits per heavy atom. The van der Waals surface area contributed by atoms with Crippen molar-refractivity contribution in [2.24, 2.45) is 50.2 Å². The summed E-state index contributed by atoms with van der Waals surface area (Å²) < 4.78 is 5.05. The molecular formula is C33H45NO4. The van der Waals surface area contributed by atoms with Gasteiger partial charge in [-0.3, -0.25) is 14.4 Å². The van der Waals surface area contributed by atoms with Gasteiger partial charge in [-0.2, -0.15) is 5.26 Å². The van der Waals surface area contributed by atoms with Gasteiger partial charge in [0.2, 0.25) is 0 Å². The van der Waals surface area contributed by atoms with E-state index < -0.39 is 10.8 Å². The first kappa shape index (κ1) is 27.4. The fourth-order valence-electron chi connectivity index (χ4n) is 10.4. The van der Waals surface area contributed by atoms with E-state index in [1.54, 1.807) is 0 Å². The molecule has 0 amide bonds. The van der Waals surface area contributed by atoms with E-state index in [-0.39, 0.29) is 62.5 Å². The highest BCUT2D eigenvalue weighted by Crippen LogP contribution is 2.74. The first-order chi connectivity index (χ1) is 17.5. The van der Waals surface area contributed by atoms with Crippen LogP contribution in [0.1, 0.15) is 99.8 Å². The van der Waals surface area contributed by atoms with Crippen molar-refractivity contribution in [1.29, 1.82) is 5.26 Å². The highest BCUT2D eigenvalue weighted by atomic mass is 16.5. The Hall–Kier alpha value is -2.22. The van der Waals surface area contributed by atoms with Gasteiger partial charge in [-0.25, -0.2) is 0 Å². The Labute approximate surface area is 228 Å². The van der Waals surface area contributed by atoms with Crippen LogP contribution in [0.4, 0.5) is 0 Å². The van der Waals surface area contributed by atoms with E-state index in [1.807, 2.05) is 26.0 Å². The van der Waals surface area contributed by atoms with E-state index in [0.717, 1.165) is 50.5 Å². The van der Waals surface area contributed by atoms with Crippen LogP contribution in [0, 0.1) is 61.6 Å². The van der Waals surface area contributed by atoms with Crippen LogP contribution in [0.3, 0.4) is 0 Å².